The standard InChI is InChI=1S/C15H19N3O2/c1-12-4-6-13(7-5-12)20-11-3-2-9-18-10-8-14(16)17-15(18)19/h4-8,10H,2-3,9,11H2,1H3,(H2,16,17,19). The molecule has 20 heavy (non-hydrogen) atoms. The first-order valence-electron chi connectivity index (χ1n) is 6.67. The smallest absolute Gasteiger partial charge is 0.349 e. The van der Waals surface area contributed by atoms with Crippen LogP contribution in [0.2, 0.25) is 0 Å². The third-order valence-electron chi connectivity index (χ3n) is 2.98. The summed E-state index contributed by atoms with van der Waals surface area (Å²) in [5.41, 5.74) is 6.35. The van der Waals surface area contributed by atoms with Gasteiger partial charge in [0, 0.05) is 12.7 Å². The van der Waals surface area contributed by atoms with Crippen molar-refractivity contribution in [2.75, 3.05) is 12.3 Å². The number of nitrogens with zero attached hydrogens (tertiary/aromatic N) is 2. The van der Waals surface area contributed by atoms with Gasteiger partial charge in [0.1, 0.15) is 11.6 Å². The van der Waals surface area contributed by atoms with Crippen LogP contribution in [0.1, 0.15) is 18.4 Å². The second-order valence-corrected chi connectivity index (χ2v) is 4.70. The maximum absolute atomic E-state index is 11.5. The SMILES string of the molecule is Cc1ccc(OCCCCn2ccc(N)nc2=O)cc1. The minimum atomic E-state index is -0.301. The molecule has 0 atom stereocenters. The van der Waals surface area contributed by atoms with E-state index in [1.807, 2.05) is 31.2 Å². The molecule has 0 aliphatic heterocycles. The van der Waals surface area contributed by atoms with Crippen LogP contribution >= 0.6 is 0 Å². The fraction of sp³-hybridized carbons (Fsp3) is 0.333. The summed E-state index contributed by atoms with van der Waals surface area (Å²) in [5.74, 6) is 1.14. The Morgan fingerprint density at radius 3 is 2.65 bits per heavy atom. The van der Waals surface area contributed by atoms with Gasteiger partial charge < -0.3 is 10.5 Å². The second-order valence-electron chi connectivity index (χ2n) is 4.70. The number of aryl methyl sites for hydroxylation is 2. The van der Waals surface area contributed by atoms with Gasteiger partial charge in [-0.3, -0.25) is 4.57 Å². The summed E-state index contributed by atoms with van der Waals surface area (Å²) in [6.45, 7) is 3.31. The Labute approximate surface area is 118 Å². The Morgan fingerprint density at radius 1 is 1.20 bits per heavy atom. The summed E-state index contributed by atoms with van der Waals surface area (Å²) < 4.78 is 7.18. The van der Waals surface area contributed by atoms with Crippen LogP contribution in [0.5, 0.6) is 5.75 Å². The molecule has 0 aliphatic rings. The predicted octanol–water partition coefficient (Wildman–Crippen LogP) is 1.99. The summed E-state index contributed by atoms with van der Waals surface area (Å²) in [4.78, 5) is 15.2. The fourth-order valence-electron chi connectivity index (χ4n) is 1.82. The summed E-state index contributed by atoms with van der Waals surface area (Å²) in [6, 6.07) is 9.60. The summed E-state index contributed by atoms with van der Waals surface area (Å²) >= 11 is 0. The molecule has 0 radical (unpaired) electrons. The van der Waals surface area contributed by atoms with Gasteiger partial charge in [-0.05, 0) is 38.0 Å². The van der Waals surface area contributed by atoms with Crippen molar-refractivity contribution in [2.24, 2.45) is 0 Å². The summed E-state index contributed by atoms with van der Waals surface area (Å²) in [6.07, 6.45) is 3.41. The van der Waals surface area contributed by atoms with Crippen molar-refractivity contribution in [3.8, 4) is 5.75 Å². The highest BCUT2D eigenvalue weighted by Crippen LogP contribution is 2.11. The third kappa shape index (κ3) is 4.12. The molecule has 5 heteroatoms. The van der Waals surface area contributed by atoms with Gasteiger partial charge in [-0.15, -0.1) is 0 Å². The van der Waals surface area contributed by atoms with Crippen LogP contribution in [0, 0.1) is 6.92 Å². The zero-order valence-electron chi connectivity index (χ0n) is 11.6. The van der Waals surface area contributed by atoms with Gasteiger partial charge in [0.2, 0.25) is 0 Å². The number of hydrogen-bond donors (Lipinski definition) is 1. The highest BCUT2D eigenvalue weighted by atomic mass is 16.5. The minimum Gasteiger partial charge on any atom is -0.494 e. The van der Waals surface area contributed by atoms with E-state index in [0.29, 0.717) is 13.2 Å². The molecule has 0 fully saturated rings. The number of nitrogen functional groups attached to an aromatic ring is 1. The highest BCUT2D eigenvalue weighted by Gasteiger charge is 1.98. The van der Waals surface area contributed by atoms with Gasteiger partial charge >= 0.3 is 5.69 Å². The molecule has 0 saturated carbocycles. The molecular weight excluding hydrogens is 254 g/mol. The van der Waals surface area contributed by atoms with E-state index in [1.165, 1.54) is 5.56 Å². The van der Waals surface area contributed by atoms with E-state index in [1.54, 1.807) is 16.8 Å². The lowest BCUT2D eigenvalue weighted by Gasteiger charge is -2.07. The lowest BCUT2D eigenvalue weighted by Crippen LogP contribution is -2.23. The molecule has 1 aromatic heterocycles. The number of hydrogen-bond acceptors (Lipinski definition) is 4. The van der Waals surface area contributed by atoms with E-state index in [0.717, 1.165) is 18.6 Å². The molecule has 0 spiro atoms. The quantitative estimate of drug-likeness (QED) is 0.817. The molecule has 0 saturated heterocycles. The average Bonchev–Trinajstić information content (AvgIpc) is 2.42. The average molecular weight is 273 g/mol. The van der Waals surface area contributed by atoms with E-state index < -0.39 is 0 Å². The van der Waals surface area contributed by atoms with Crippen molar-refractivity contribution < 1.29 is 4.74 Å². The molecule has 1 heterocycles. The van der Waals surface area contributed by atoms with Crippen molar-refractivity contribution in [3.63, 3.8) is 0 Å². The zero-order valence-corrected chi connectivity index (χ0v) is 11.6. The largest absolute Gasteiger partial charge is 0.494 e. The van der Waals surface area contributed by atoms with E-state index in [2.05, 4.69) is 4.98 Å². The summed E-state index contributed by atoms with van der Waals surface area (Å²) in [5, 5.41) is 0. The fourth-order valence-corrected chi connectivity index (χ4v) is 1.82. The second kappa shape index (κ2) is 6.75. The molecule has 1 aromatic carbocycles. The Balaban J connectivity index is 1.71. The minimum absolute atomic E-state index is 0.258. The molecule has 106 valence electrons. The van der Waals surface area contributed by atoms with Gasteiger partial charge in [-0.1, -0.05) is 17.7 Å². The van der Waals surface area contributed by atoms with Crippen molar-refractivity contribution in [1.29, 1.82) is 0 Å². The van der Waals surface area contributed by atoms with Crippen LogP contribution < -0.4 is 16.2 Å². The van der Waals surface area contributed by atoms with Crippen molar-refractivity contribution in [2.45, 2.75) is 26.3 Å². The first-order chi connectivity index (χ1) is 9.65. The zero-order chi connectivity index (χ0) is 14.4. The predicted molar refractivity (Wildman–Crippen MR) is 78.8 cm³/mol. The Kier molecular flexibility index (Phi) is 4.76. The molecule has 0 unspecified atom stereocenters. The number of aromatic nitrogens is 2. The van der Waals surface area contributed by atoms with Crippen LogP contribution in [0.15, 0.2) is 41.3 Å². The van der Waals surface area contributed by atoms with E-state index >= 15 is 0 Å². The number of unbranched alkanes of at least 4 members (excludes halogenated alkanes) is 1. The van der Waals surface area contributed by atoms with E-state index in [4.69, 9.17) is 10.5 Å². The highest BCUT2D eigenvalue weighted by molar-refractivity contribution is 5.26. The van der Waals surface area contributed by atoms with Crippen LogP contribution in [0.3, 0.4) is 0 Å². The molecule has 2 N–H and O–H groups in total. The molecule has 0 bridgehead atoms. The lowest BCUT2D eigenvalue weighted by atomic mass is 10.2. The Morgan fingerprint density at radius 2 is 1.95 bits per heavy atom. The molecular formula is C15H19N3O2. The first-order valence-corrected chi connectivity index (χ1v) is 6.67. The van der Waals surface area contributed by atoms with Crippen LogP contribution in [-0.4, -0.2) is 16.2 Å². The molecule has 0 aliphatic carbocycles. The van der Waals surface area contributed by atoms with Crippen LogP contribution in [0.4, 0.5) is 5.82 Å². The van der Waals surface area contributed by atoms with Crippen LogP contribution in [-0.2, 0) is 6.54 Å². The topological polar surface area (TPSA) is 70.1 Å². The Hall–Kier alpha value is -2.30. The molecule has 2 aromatic rings. The number of anilines is 1. The van der Waals surface area contributed by atoms with Crippen LogP contribution in [0.25, 0.3) is 0 Å². The van der Waals surface area contributed by atoms with Crippen molar-refractivity contribution in [3.05, 3.63) is 52.6 Å². The summed E-state index contributed by atoms with van der Waals surface area (Å²) in [7, 11) is 0. The van der Waals surface area contributed by atoms with Gasteiger partial charge in [0.05, 0.1) is 6.61 Å². The third-order valence-corrected chi connectivity index (χ3v) is 2.98. The maximum atomic E-state index is 11.5. The van der Waals surface area contributed by atoms with Gasteiger partial charge in [0.25, 0.3) is 0 Å². The van der Waals surface area contributed by atoms with Gasteiger partial charge in [0.15, 0.2) is 0 Å². The number of ether oxygens (including phenoxy) is 1. The monoisotopic (exact) mass is 273 g/mol. The maximum Gasteiger partial charge on any atom is 0.349 e. The number of rotatable bonds is 6. The Bertz CT molecular complexity index is 605. The molecule has 0 amide bonds. The van der Waals surface area contributed by atoms with E-state index in [9.17, 15) is 4.79 Å². The van der Waals surface area contributed by atoms with Gasteiger partial charge in [-0.2, -0.15) is 4.98 Å². The molecule has 2 rings (SSSR count). The lowest BCUT2D eigenvalue weighted by molar-refractivity contribution is 0.302. The first kappa shape index (κ1) is 14.1. The molecule has 5 nitrogen and oxygen atoms in total. The number of benzene rings is 1. The van der Waals surface area contributed by atoms with Crippen molar-refractivity contribution in [1.82, 2.24) is 9.55 Å². The van der Waals surface area contributed by atoms with Crippen molar-refractivity contribution >= 4 is 5.82 Å². The normalized spacial score (nSPS) is 10.4. The van der Waals surface area contributed by atoms with E-state index in [-0.39, 0.29) is 11.5 Å². The number of nitrogens with two attached hydrogens (primary N) is 1. The van der Waals surface area contributed by atoms with Gasteiger partial charge in [-0.25, -0.2) is 4.79 Å².